The topological polar surface area (TPSA) is 21.3 Å². The van der Waals surface area contributed by atoms with Crippen molar-refractivity contribution in [3.63, 3.8) is 0 Å². The van der Waals surface area contributed by atoms with Gasteiger partial charge in [0.05, 0.1) is 6.10 Å². The van der Waals surface area contributed by atoms with Crippen molar-refractivity contribution in [2.45, 2.75) is 58.6 Å². The first-order chi connectivity index (χ1) is 8.63. The zero-order valence-corrected chi connectivity index (χ0v) is 12.0. The Hall–Kier alpha value is -1.02. The maximum absolute atomic E-state index is 6.09. The van der Waals surface area contributed by atoms with Crippen LogP contribution < -0.4 is 10.1 Å². The van der Waals surface area contributed by atoms with Gasteiger partial charge < -0.3 is 10.1 Å². The lowest BCUT2D eigenvalue weighted by atomic mass is 9.91. The molecule has 2 atom stereocenters. The maximum atomic E-state index is 6.09. The maximum Gasteiger partial charge on any atom is 0.127 e. The van der Waals surface area contributed by atoms with Gasteiger partial charge in [-0.2, -0.15) is 0 Å². The SMILES string of the molecule is CCCNC1CC(C)Oc2c(C(C)C)cccc21. The van der Waals surface area contributed by atoms with Gasteiger partial charge in [0.2, 0.25) is 0 Å². The fraction of sp³-hybridized carbons (Fsp3) is 0.625. The molecule has 1 aliphatic heterocycles. The van der Waals surface area contributed by atoms with E-state index < -0.39 is 0 Å². The first kappa shape index (κ1) is 13.4. The summed E-state index contributed by atoms with van der Waals surface area (Å²) in [6, 6.07) is 7.01. The number of nitrogens with one attached hydrogen (secondary N) is 1. The molecule has 0 saturated carbocycles. The number of benzene rings is 1. The summed E-state index contributed by atoms with van der Waals surface area (Å²) in [6.07, 6.45) is 2.53. The minimum absolute atomic E-state index is 0.298. The molecule has 0 bridgehead atoms. The average Bonchev–Trinajstić information content (AvgIpc) is 2.34. The van der Waals surface area contributed by atoms with Crippen LogP contribution in [0.1, 0.15) is 63.6 Å². The first-order valence-corrected chi connectivity index (χ1v) is 7.16. The molecule has 1 heterocycles. The molecule has 1 aromatic rings. The summed E-state index contributed by atoms with van der Waals surface area (Å²) in [5.41, 5.74) is 2.68. The third-order valence-corrected chi connectivity index (χ3v) is 3.60. The molecule has 0 saturated heterocycles. The lowest BCUT2D eigenvalue weighted by Gasteiger charge is -2.33. The zero-order chi connectivity index (χ0) is 13.1. The van der Waals surface area contributed by atoms with Crippen molar-refractivity contribution in [2.75, 3.05) is 6.54 Å². The molecule has 2 nitrogen and oxygen atoms in total. The van der Waals surface area contributed by atoms with Crippen molar-refractivity contribution in [1.82, 2.24) is 5.32 Å². The molecule has 0 radical (unpaired) electrons. The van der Waals surface area contributed by atoms with Gasteiger partial charge in [-0.3, -0.25) is 0 Å². The number of fused-ring (bicyclic) bond motifs is 1. The van der Waals surface area contributed by atoms with Crippen LogP contribution >= 0.6 is 0 Å². The van der Waals surface area contributed by atoms with Gasteiger partial charge in [0.1, 0.15) is 5.75 Å². The third kappa shape index (κ3) is 2.69. The number of hydrogen-bond acceptors (Lipinski definition) is 2. The quantitative estimate of drug-likeness (QED) is 0.867. The van der Waals surface area contributed by atoms with Crippen LogP contribution in [0.2, 0.25) is 0 Å². The smallest absolute Gasteiger partial charge is 0.127 e. The van der Waals surface area contributed by atoms with Gasteiger partial charge in [-0.1, -0.05) is 39.0 Å². The van der Waals surface area contributed by atoms with E-state index in [1.807, 2.05) is 0 Å². The molecule has 1 aliphatic rings. The fourth-order valence-corrected chi connectivity index (χ4v) is 2.66. The molecule has 1 aromatic carbocycles. The van der Waals surface area contributed by atoms with Gasteiger partial charge in [0.15, 0.2) is 0 Å². The summed E-state index contributed by atoms with van der Waals surface area (Å²) < 4.78 is 6.09. The monoisotopic (exact) mass is 247 g/mol. The highest BCUT2D eigenvalue weighted by atomic mass is 16.5. The van der Waals surface area contributed by atoms with Crippen LogP contribution in [0.5, 0.6) is 5.75 Å². The van der Waals surface area contributed by atoms with Crippen LogP contribution in [0.3, 0.4) is 0 Å². The molecule has 2 heteroatoms. The van der Waals surface area contributed by atoms with Crippen molar-refractivity contribution >= 4 is 0 Å². The normalized spacial score (nSPS) is 22.7. The number of rotatable bonds is 4. The Kier molecular flexibility index (Phi) is 4.28. The Labute approximate surface area is 111 Å². The Morgan fingerprint density at radius 1 is 1.39 bits per heavy atom. The van der Waals surface area contributed by atoms with E-state index in [-0.39, 0.29) is 0 Å². The molecule has 18 heavy (non-hydrogen) atoms. The van der Waals surface area contributed by atoms with Crippen molar-refractivity contribution < 1.29 is 4.74 Å². The first-order valence-electron chi connectivity index (χ1n) is 7.16. The molecular formula is C16H25NO. The van der Waals surface area contributed by atoms with Gasteiger partial charge >= 0.3 is 0 Å². The Morgan fingerprint density at radius 3 is 2.83 bits per heavy atom. The molecule has 0 aliphatic carbocycles. The summed E-state index contributed by atoms with van der Waals surface area (Å²) >= 11 is 0. The molecule has 2 rings (SSSR count). The summed E-state index contributed by atoms with van der Waals surface area (Å²) in [5, 5.41) is 3.64. The molecule has 0 aromatic heterocycles. The van der Waals surface area contributed by atoms with E-state index in [1.54, 1.807) is 0 Å². The van der Waals surface area contributed by atoms with E-state index in [4.69, 9.17) is 4.74 Å². The highest BCUT2D eigenvalue weighted by Gasteiger charge is 2.27. The van der Waals surface area contributed by atoms with Crippen LogP contribution in [0, 0.1) is 0 Å². The fourth-order valence-electron chi connectivity index (χ4n) is 2.66. The summed E-state index contributed by atoms with van der Waals surface area (Å²) in [5.74, 6) is 1.64. The number of para-hydroxylation sites is 1. The predicted molar refractivity (Wildman–Crippen MR) is 76.3 cm³/mol. The second-order valence-electron chi connectivity index (χ2n) is 5.59. The van der Waals surface area contributed by atoms with Crippen LogP contribution in [-0.4, -0.2) is 12.6 Å². The average molecular weight is 247 g/mol. The van der Waals surface area contributed by atoms with E-state index in [9.17, 15) is 0 Å². The number of hydrogen-bond donors (Lipinski definition) is 1. The molecule has 1 N–H and O–H groups in total. The van der Waals surface area contributed by atoms with E-state index in [0.717, 1.165) is 18.7 Å². The second-order valence-corrected chi connectivity index (χ2v) is 5.59. The lowest BCUT2D eigenvalue weighted by molar-refractivity contribution is 0.164. The summed E-state index contributed by atoms with van der Waals surface area (Å²) in [4.78, 5) is 0. The molecule has 0 spiro atoms. The van der Waals surface area contributed by atoms with Crippen molar-refractivity contribution in [1.29, 1.82) is 0 Å². The van der Waals surface area contributed by atoms with Crippen molar-refractivity contribution in [3.05, 3.63) is 29.3 Å². The van der Waals surface area contributed by atoms with E-state index in [1.165, 1.54) is 17.5 Å². The van der Waals surface area contributed by atoms with Crippen LogP contribution in [-0.2, 0) is 0 Å². The highest BCUT2D eigenvalue weighted by Crippen LogP contribution is 2.39. The second kappa shape index (κ2) is 5.75. The largest absolute Gasteiger partial charge is 0.490 e. The van der Waals surface area contributed by atoms with E-state index in [0.29, 0.717) is 18.1 Å². The Bertz CT molecular complexity index is 400. The standard InChI is InChI=1S/C16H25NO/c1-5-9-17-15-10-12(4)18-16-13(11(2)3)7-6-8-14(15)16/h6-8,11-12,15,17H,5,9-10H2,1-4H3. The minimum Gasteiger partial charge on any atom is -0.490 e. The Balaban J connectivity index is 2.34. The molecular weight excluding hydrogens is 222 g/mol. The van der Waals surface area contributed by atoms with Crippen LogP contribution in [0.15, 0.2) is 18.2 Å². The van der Waals surface area contributed by atoms with Gasteiger partial charge in [-0.25, -0.2) is 0 Å². The number of ether oxygens (including phenoxy) is 1. The van der Waals surface area contributed by atoms with Crippen LogP contribution in [0.25, 0.3) is 0 Å². The highest BCUT2D eigenvalue weighted by molar-refractivity contribution is 5.46. The van der Waals surface area contributed by atoms with Crippen LogP contribution in [0.4, 0.5) is 0 Å². The summed E-state index contributed by atoms with van der Waals surface area (Å²) in [7, 11) is 0. The van der Waals surface area contributed by atoms with Gasteiger partial charge in [-0.15, -0.1) is 0 Å². The van der Waals surface area contributed by atoms with Crippen molar-refractivity contribution in [2.24, 2.45) is 0 Å². The molecule has 2 unspecified atom stereocenters. The lowest BCUT2D eigenvalue weighted by Crippen LogP contribution is -2.32. The molecule has 0 amide bonds. The zero-order valence-electron chi connectivity index (χ0n) is 12.0. The molecule has 0 fully saturated rings. The Morgan fingerprint density at radius 2 is 2.17 bits per heavy atom. The van der Waals surface area contributed by atoms with Crippen molar-refractivity contribution in [3.8, 4) is 5.75 Å². The summed E-state index contributed by atoms with van der Waals surface area (Å²) in [6.45, 7) is 9.91. The van der Waals surface area contributed by atoms with Gasteiger partial charge in [0.25, 0.3) is 0 Å². The minimum atomic E-state index is 0.298. The third-order valence-electron chi connectivity index (χ3n) is 3.60. The van der Waals surface area contributed by atoms with Gasteiger partial charge in [-0.05, 0) is 31.4 Å². The molecule has 100 valence electrons. The van der Waals surface area contributed by atoms with E-state index in [2.05, 4.69) is 51.2 Å². The predicted octanol–water partition coefficient (Wildman–Crippen LogP) is 4.02. The van der Waals surface area contributed by atoms with E-state index >= 15 is 0 Å². The van der Waals surface area contributed by atoms with Gasteiger partial charge in [0, 0.05) is 18.0 Å².